The molecular weight excluding hydrogens is 551 g/mol. The lowest BCUT2D eigenvalue weighted by molar-refractivity contribution is -0.141. The number of carbonyl (C=O) groups is 1. The minimum Gasteiger partial charge on any atom is -0.495 e. The molecule has 0 unspecified atom stereocenters. The molecule has 0 atom stereocenters. The number of para-hydroxylation sites is 2. The number of rotatable bonds is 8. The Morgan fingerprint density at radius 3 is 2.49 bits per heavy atom. The van der Waals surface area contributed by atoms with Gasteiger partial charge in [-0.3, -0.25) is 18.7 Å². The predicted molar refractivity (Wildman–Crippen MR) is 158 cm³/mol. The van der Waals surface area contributed by atoms with Crippen molar-refractivity contribution in [1.82, 2.24) is 14.1 Å². The van der Waals surface area contributed by atoms with Crippen molar-refractivity contribution >= 4 is 51.6 Å². The molecule has 198 valence electrons. The average Bonchev–Trinajstić information content (AvgIpc) is 3.29. The molecular formula is C29H25N3O4S3. The van der Waals surface area contributed by atoms with E-state index in [1.807, 2.05) is 79.1 Å². The van der Waals surface area contributed by atoms with E-state index in [0.29, 0.717) is 30.9 Å². The number of hydrogen-bond donors (Lipinski definition) is 0. The molecule has 2 aromatic heterocycles. The van der Waals surface area contributed by atoms with Gasteiger partial charge in [0.25, 0.3) is 5.56 Å². The third-order valence-corrected chi connectivity index (χ3v) is 8.48. The summed E-state index contributed by atoms with van der Waals surface area (Å²) in [6, 6.07) is 22.7. The summed E-state index contributed by atoms with van der Waals surface area (Å²) in [7, 11) is 1.55. The zero-order chi connectivity index (χ0) is 27.5. The molecule has 0 radical (unpaired) electrons. The molecule has 0 N–H and O–H groups in total. The Labute approximate surface area is 238 Å². The van der Waals surface area contributed by atoms with Crippen LogP contribution in [0.3, 0.4) is 0 Å². The Kier molecular flexibility index (Phi) is 7.97. The molecule has 3 aromatic carbocycles. The number of nitrogens with zero attached hydrogens (tertiary/aromatic N) is 3. The molecule has 0 fully saturated rings. The van der Waals surface area contributed by atoms with Gasteiger partial charge >= 0.3 is 5.97 Å². The summed E-state index contributed by atoms with van der Waals surface area (Å²) in [5.74, 6) is 0.0570. The summed E-state index contributed by atoms with van der Waals surface area (Å²) in [6.07, 6.45) is 0. The first-order valence-electron chi connectivity index (χ1n) is 12.1. The number of benzene rings is 3. The predicted octanol–water partition coefficient (Wildman–Crippen LogP) is 6.43. The van der Waals surface area contributed by atoms with E-state index in [9.17, 15) is 9.59 Å². The van der Waals surface area contributed by atoms with E-state index in [4.69, 9.17) is 26.7 Å². The maximum Gasteiger partial charge on any atom is 0.316 e. The summed E-state index contributed by atoms with van der Waals surface area (Å²) in [4.78, 5) is 31.5. The molecule has 10 heteroatoms. The van der Waals surface area contributed by atoms with Crippen molar-refractivity contribution in [1.29, 1.82) is 0 Å². The van der Waals surface area contributed by atoms with Crippen LogP contribution in [0.25, 0.3) is 21.7 Å². The van der Waals surface area contributed by atoms with Crippen molar-refractivity contribution in [2.75, 3.05) is 12.9 Å². The quantitative estimate of drug-likeness (QED) is 0.0914. The van der Waals surface area contributed by atoms with Crippen LogP contribution in [0.4, 0.5) is 0 Å². The Hall–Kier alpha value is -3.73. The van der Waals surface area contributed by atoms with Gasteiger partial charge in [0.05, 0.1) is 18.6 Å². The molecule has 0 saturated carbocycles. The van der Waals surface area contributed by atoms with Crippen molar-refractivity contribution in [2.24, 2.45) is 0 Å². The van der Waals surface area contributed by atoms with Gasteiger partial charge in [0, 0.05) is 5.69 Å². The monoisotopic (exact) mass is 575 g/mol. The van der Waals surface area contributed by atoms with Crippen LogP contribution in [0, 0.1) is 17.8 Å². The van der Waals surface area contributed by atoms with Crippen LogP contribution in [-0.4, -0.2) is 33.0 Å². The van der Waals surface area contributed by atoms with Crippen LogP contribution < -0.4 is 10.3 Å². The van der Waals surface area contributed by atoms with Gasteiger partial charge in [-0.25, -0.2) is 4.98 Å². The molecule has 0 bridgehead atoms. The van der Waals surface area contributed by atoms with Crippen LogP contribution in [-0.2, 0) is 16.1 Å². The molecule has 0 saturated heterocycles. The lowest BCUT2D eigenvalue weighted by Gasteiger charge is -2.15. The first kappa shape index (κ1) is 26.9. The van der Waals surface area contributed by atoms with Crippen molar-refractivity contribution in [3.05, 3.63) is 104 Å². The summed E-state index contributed by atoms with van der Waals surface area (Å²) >= 11 is 8.04. The normalized spacial score (nSPS) is 11.1. The summed E-state index contributed by atoms with van der Waals surface area (Å²) in [6.45, 7) is 4.24. The molecule has 0 aliphatic rings. The highest BCUT2D eigenvalue weighted by molar-refractivity contribution is 7.99. The SMILES string of the molecule is COc1ccccc1-n1c(SCC(=O)OCc2ccccc2)nc2c(sc(=S)n2-c2ccc(C)c(C)c2)c1=O. The fourth-order valence-electron chi connectivity index (χ4n) is 4.06. The Morgan fingerprint density at radius 1 is 1.00 bits per heavy atom. The van der Waals surface area contributed by atoms with Crippen molar-refractivity contribution in [3.8, 4) is 17.1 Å². The number of aromatic nitrogens is 3. The fraction of sp³-hybridized carbons (Fsp3) is 0.172. The number of thioether (sulfide) groups is 1. The van der Waals surface area contributed by atoms with Gasteiger partial charge in [-0.15, -0.1) is 0 Å². The smallest absolute Gasteiger partial charge is 0.316 e. The van der Waals surface area contributed by atoms with Crippen LogP contribution in [0.2, 0.25) is 0 Å². The van der Waals surface area contributed by atoms with E-state index in [2.05, 4.69) is 0 Å². The van der Waals surface area contributed by atoms with Gasteiger partial charge in [0.2, 0.25) is 0 Å². The van der Waals surface area contributed by atoms with Crippen LogP contribution >= 0.6 is 35.3 Å². The third-order valence-electron chi connectivity index (χ3n) is 6.21. The van der Waals surface area contributed by atoms with Gasteiger partial charge < -0.3 is 9.47 Å². The highest BCUT2D eigenvalue weighted by Crippen LogP contribution is 2.30. The highest BCUT2D eigenvalue weighted by atomic mass is 32.2. The molecule has 0 aliphatic heterocycles. The maximum atomic E-state index is 14.0. The van der Waals surface area contributed by atoms with E-state index in [1.165, 1.54) is 15.9 Å². The van der Waals surface area contributed by atoms with Crippen LogP contribution in [0.5, 0.6) is 5.75 Å². The second-order valence-electron chi connectivity index (χ2n) is 8.77. The first-order chi connectivity index (χ1) is 18.9. The van der Waals surface area contributed by atoms with Gasteiger partial charge in [-0.2, -0.15) is 0 Å². The molecule has 5 rings (SSSR count). The third kappa shape index (κ3) is 5.54. The summed E-state index contributed by atoms with van der Waals surface area (Å²) in [5, 5.41) is 0.332. The Morgan fingerprint density at radius 2 is 1.74 bits per heavy atom. The molecule has 39 heavy (non-hydrogen) atoms. The standard InChI is InChI=1S/C29H25N3O4S3/c1-18-13-14-21(15-19(18)2)31-26-25(39-29(31)37)27(34)32(22-11-7-8-12-23(22)35-3)28(30-26)38-17-24(33)36-16-20-9-5-4-6-10-20/h4-15H,16-17H2,1-3H3. The molecule has 7 nitrogen and oxygen atoms in total. The van der Waals surface area contributed by atoms with Gasteiger partial charge in [-0.05, 0) is 67.0 Å². The minimum absolute atomic E-state index is 0.0333. The number of fused-ring (bicyclic) bond motifs is 1. The largest absolute Gasteiger partial charge is 0.495 e. The number of hydrogen-bond acceptors (Lipinski definition) is 8. The zero-order valence-electron chi connectivity index (χ0n) is 21.5. The van der Waals surface area contributed by atoms with Crippen molar-refractivity contribution in [3.63, 3.8) is 0 Å². The maximum absolute atomic E-state index is 14.0. The molecule has 0 spiro atoms. The van der Waals surface area contributed by atoms with E-state index in [-0.39, 0.29) is 17.9 Å². The molecule has 0 amide bonds. The minimum atomic E-state index is -0.416. The Balaban J connectivity index is 1.60. The highest BCUT2D eigenvalue weighted by Gasteiger charge is 2.22. The van der Waals surface area contributed by atoms with Crippen molar-refractivity contribution < 1.29 is 14.3 Å². The van der Waals surface area contributed by atoms with E-state index < -0.39 is 5.97 Å². The van der Waals surface area contributed by atoms with E-state index >= 15 is 0 Å². The summed E-state index contributed by atoms with van der Waals surface area (Å²) < 4.78 is 15.2. The molecule has 0 aliphatic carbocycles. The average molecular weight is 576 g/mol. The van der Waals surface area contributed by atoms with Gasteiger partial charge in [-0.1, -0.05) is 71.6 Å². The molecule has 5 aromatic rings. The molecule has 2 heterocycles. The fourth-order valence-corrected chi connectivity index (χ4v) is 6.15. The number of aryl methyl sites for hydroxylation is 2. The van der Waals surface area contributed by atoms with Crippen LogP contribution in [0.15, 0.2) is 82.7 Å². The van der Waals surface area contributed by atoms with Crippen molar-refractivity contribution in [2.45, 2.75) is 25.6 Å². The second-order valence-corrected chi connectivity index (χ2v) is 11.4. The number of thiazole rings is 1. The number of methoxy groups -OCH3 is 1. The van der Waals surface area contributed by atoms with Gasteiger partial charge in [0.1, 0.15) is 17.1 Å². The topological polar surface area (TPSA) is 75.3 Å². The van der Waals surface area contributed by atoms with Crippen LogP contribution in [0.1, 0.15) is 16.7 Å². The number of esters is 1. The number of ether oxygens (including phenoxy) is 2. The zero-order valence-corrected chi connectivity index (χ0v) is 24.0. The van der Waals surface area contributed by atoms with E-state index in [1.54, 1.807) is 19.2 Å². The van der Waals surface area contributed by atoms with Gasteiger partial charge in [0.15, 0.2) is 14.8 Å². The Bertz CT molecular complexity index is 1790. The first-order valence-corrected chi connectivity index (χ1v) is 14.3. The lowest BCUT2D eigenvalue weighted by atomic mass is 10.1. The second kappa shape index (κ2) is 11.6. The van der Waals surface area contributed by atoms with E-state index in [0.717, 1.165) is 34.1 Å². The number of carbonyl (C=O) groups excluding carboxylic acids is 1. The lowest BCUT2D eigenvalue weighted by Crippen LogP contribution is -2.22. The summed E-state index contributed by atoms with van der Waals surface area (Å²) in [5.41, 5.74) is 4.67.